The minimum absolute atomic E-state index is 0.811. The lowest BCUT2D eigenvalue weighted by atomic mass is 9.92. The Bertz CT molecular complexity index is 2230. The maximum Gasteiger partial charge on any atom is 0.0536 e. The molecule has 0 radical (unpaired) electrons. The van der Waals surface area contributed by atoms with Crippen molar-refractivity contribution in [1.29, 1.82) is 0 Å². The van der Waals surface area contributed by atoms with Crippen LogP contribution in [0.15, 0.2) is 212 Å². The maximum atomic E-state index is 2.42. The molecule has 1 heteroatoms. The molecular weight excluding hydrogens is 603 g/mol. The first-order chi connectivity index (χ1) is 24.8. The van der Waals surface area contributed by atoms with Crippen LogP contribution in [0.5, 0.6) is 0 Å². The third-order valence-corrected chi connectivity index (χ3v) is 9.31. The van der Waals surface area contributed by atoms with Gasteiger partial charge < -0.3 is 4.90 Å². The van der Waals surface area contributed by atoms with Crippen molar-refractivity contribution in [2.75, 3.05) is 4.90 Å². The van der Waals surface area contributed by atoms with Crippen LogP contribution in [0.1, 0.15) is 23.1 Å². The summed E-state index contributed by atoms with van der Waals surface area (Å²) < 4.78 is 0. The van der Waals surface area contributed by atoms with Gasteiger partial charge in [-0.2, -0.15) is 0 Å². The second kappa shape index (κ2) is 14.4. The molecule has 50 heavy (non-hydrogen) atoms. The Hall–Kier alpha value is -6.44. The molecule has 0 saturated heterocycles. The lowest BCUT2D eigenvalue weighted by Crippen LogP contribution is -2.12. The van der Waals surface area contributed by atoms with E-state index in [1.165, 1.54) is 55.7 Å². The van der Waals surface area contributed by atoms with Crippen molar-refractivity contribution in [1.82, 2.24) is 0 Å². The van der Waals surface area contributed by atoms with E-state index < -0.39 is 0 Å². The fourth-order valence-electron chi connectivity index (χ4n) is 6.90. The summed E-state index contributed by atoms with van der Waals surface area (Å²) in [5.74, 6) is 0. The molecule has 0 fully saturated rings. The molecule has 1 aliphatic rings. The maximum absolute atomic E-state index is 2.42. The number of hydrogen-bond donors (Lipinski definition) is 0. The van der Waals surface area contributed by atoms with Crippen LogP contribution in [0.3, 0.4) is 0 Å². The second-order valence-electron chi connectivity index (χ2n) is 12.5. The van der Waals surface area contributed by atoms with E-state index >= 15 is 0 Å². The summed E-state index contributed by atoms with van der Waals surface area (Å²) in [4.78, 5) is 2.42. The quantitative estimate of drug-likeness (QED) is 0.160. The third kappa shape index (κ3) is 6.50. The molecule has 7 aromatic rings. The summed E-state index contributed by atoms with van der Waals surface area (Å²) in [6.07, 6.45) is 7.84. The molecule has 0 bridgehead atoms. The Morgan fingerprint density at radius 3 is 1.34 bits per heavy atom. The summed E-state index contributed by atoms with van der Waals surface area (Å²) in [6, 6.07) is 69.4. The third-order valence-electron chi connectivity index (χ3n) is 9.31. The topological polar surface area (TPSA) is 3.24 Å². The zero-order valence-electron chi connectivity index (χ0n) is 27.9. The van der Waals surface area contributed by atoms with Gasteiger partial charge in [0.15, 0.2) is 0 Å². The standard InChI is InChI=1S/C49H37N/c1-5-18-37(19-6-1)41-26-15-29-44(34-41)50(45-30-16-27-42(35-45)38-20-7-2-8-21-38)49-33-14-13-31-47(49)43-28-17-32-46(39-22-9-3-10-23-39)48(36-43)40-24-11-4-12-25-40/h1-27,29-36H,28H2. The van der Waals surface area contributed by atoms with Crippen LogP contribution >= 0.6 is 0 Å². The molecule has 1 aliphatic carbocycles. The minimum Gasteiger partial charge on any atom is -0.310 e. The van der Waals surface area contributed by atoms with E-state index in [4.69, 9.17) is 0 Å². The van der Waals surface area contributed by atoms with Crippen LogP contribution < -0.4 is 4.90 Å². The van der Waals surface area contributed by atoms with Gasteiger partial charge in [-0.1, -0.05) is 176 Å². The van der Waals surface area contributed by atoms with Crippen LogP contribution in [-0.4, -0.2) is 0 Å². The van der Waals surface area contributed by atoms with Crippen LogP contribution in [0.4, 0.5) is 17.1 Å². The van der Waals surface area contributed by atoms with Gasteiger partial charge in [-0.25, -0.2) is 0 Å². The van der Waals surface area contributed by atoms with E-state index in [1.807, 2.05) is 0 Å². The highest BCUT2D eigenvalue weighted by atomic mass is 15.1. The van der Waals surface area contributed by atoms with Crippen molar-refractivity contribution < 1.29 is 0 Å². The number of rotatable bonds is 8. The van der Waals surface area contributed by atoms with Gasteiger partial charge in [-0.05, 0) is 92.9 Å². The van der Waals surface area contributed by atoms with Crippen molar-refractivity contribution in [3.8, 4) is 22.3 Å². The number of anilines is 3. The van der Waals surface area contributed by atoms with E-state index in [0.717, 1.165) is 23.5 Å². The molecule has 0 aliphatic heterocycles. The highest BCUT2D eigenvalue weighted by Gasteiger charge is 2.21. The van der Waals surface area contributed by atoms with Gasteiger partial charge in [0.05, 0.1) is 5.69 Å². The van der Waals surface area contributed by atoms with Gasteiger partial charge in [-0.15, -0.1) is 0 Å². The van der Waals surface area contributed by atoms with Gasteiger partial charge in [0.1, 0.15) is 0 Å². The lowest BCUT2D eigenvalue weighted by molar-refractivity contribution is 1.26. The highest BCUT2D eigenvalue weighted by Crippen LogP contribution is 2.44. The van der Waals surface area contributed by atoms with Crippen molar-refractivity contribution in [2.45, 2.75) is 6.42 Å². The first-order valence-corrected chi connectivity index (χ1v) is 17.2. The number of hydrogen-bond acceptors (Lipinski definition) is 1. The lowest BCUT2D eigenvalue weighted by Gasteiger charge is -2.29. The summed E-state index contributed by atoms with van der Waals surface area (Å²) in [5.41, 5.74) is 15.5. The predicted octanol–water partition coefficient (Wildman–Crippen LogP) is 13.4. The molecule has 1 nitrogen and oxygen atoms in total. The van der Waals surface area contributed by atoms with E-state index in [9.17, 15) is 0 Å². The fraction of sp³-hybridized carbons (Fsp3) is 0.0204. The summed E-state index contributed by atoms with van der Waals surface area (Å²) in [6.45, 7) is 0. The fourth-order valence-corrected chi connectivity index (χ4v) is 6.90. The van der Waals surface area contributed by atoms with Crippen molar-refractivity contribution in [3.05, 3.63) is 229 Å². The molecule has 7 aromatic carbocycles. The molecule has 0 spiro atoms. The SMILES string of the molecule is C1=CC(c2ccccc2)=C(c2ccccc2)C=C(c2ccccc2N(c2cccc(-c3ccccc3)c2)c2cccc(-c3ccccc3)c2)C1. The smallest absolute Gasteiger partial charge is 0.0536 e. The molecule has 0 aromatic heterocycles. The van der Waals surface area contributed by atoms with E-state index in [2.05, 4.69) is 217 Å². The zero-order valence-corrected chi connectivity index (χ0v) is 27.9. The first-order valence-electron chi connectivity index (χ1n) is 17.2. The van der Waals surface area contributed by atoms with E-state index in [-0.39, 0.29) is 0 Å². The van der Waals surface area contributed by atoms with Crippen LogP contribution in [0.25, 0.3) is 39.0 Å². The van der Waals surface area contributed by atoms with Crippen LogP contribution in [0, 0.1) is 0 Å². The Kier molecular flexibility index (Phi) is 8.86. The highest BCUT2D eigenvalue weighted by molar-refractivity contribution is 6.04. The predicted molar refractivity (Wildman–Crippen MR) is 213 cm³/mol. The molecule has 238 valence electrons. The Labute approximate surface area is 295 Å². The van der Waals surface area contributed by atoms with Crippen LogP contribution in [0.2, 0.25) is 0 Å². The van der Waals surface area contributed by atoms with Gasteiger partial charge in [-0.3, -0.25) is 0 Å². The summed E-state index contributed by atoms with van der Waals surface area (Å²) in [5, 5.41) is 0. The van der Waals surface area contributed by atoms with Crippen molar-refractivity contribution >= 4 is 33.8 Å². The average molecular weight is 640 g/mol. The number of para-hydroxylation sites is 1. The molecule has 0 unspecified atom stereocenters. The second-order valence-corrected chi connectivity index (χ2v) is 12.5. The molecular formula is C49H37N. The number of nitrogens with zero attached hydrogens (tertiary/aromatic N) is 1. The number of benzene rings is 7. The molecule has 0 heterocycles. The van der Waals surface area contributed by atoms with E-state index in [0.29, 0.717) is 0 Å². The molecule has 0 amide bonds. The monoisotopic (exact) mass is 639 g/mol. The zero-order chi connectivity index (χ0) is 33.5. The van der Waals surface area contributed by atoms with Gasteiger partial charge in [0.25, 0.3) is 0 Å². The molecule has 0 N–H and O–H groups in total. The Balaban J connectivity index is 1.33. The van der Waals surface area contributed by atoms with Gasteiger partial charge >= 0.3 is 0 Å². The number of allylic oxidation sites excluding steroid dienone is 6. The van der Waals surface area contributed by atoms with E-state index in [1.54, 1.807) is 0 Å². The van der Waals surface area contributed by atoms with Crippen LogP contribution in [-0.2, 0) is 0 Å². The Morgan fingerprint density at radius 1 is 0.360 bits per heavy atom. The van der Waals surface area contributed by atoms with Crippen molar-refractivity contribution in [3.63, 3.8) is 0 Å². The summed E-state index contributed by atoms with van der Waals surface area (Å²) >= 11 is 0. The Morgan fingerprint density at radius 2 is 0.800 bits per heavy atom. The summed E-state index contributed by atoms with van der Waals surface area (Å²) in [7, 11) is 0. The normalized spacial score (nSPS) is 12.7. The molecule has 8 rings (SSSR count). The first kappa shape index (κ1) is 30.9. The minimum atomic E-state index is 0.811. The molecule has 0 saturated carbocycles. The average Bonchev–Trinajstić information content (AvgIpc) is 3.43. The van der Waals surface area contributed by atoms with Crippen molar-refractivity contribution in [2.24, 2.45) is 0 Å². The largest absolute Gasteiger partial charge is 0.310 e. The van der Waals surface area contributed by atoms with Gasteiger partial charge in [0.2, 0.25) is 0 Å². The van der Waals surface area contributed by atoms with Gasteiger partial charge in [0, 0.05) is 16.9 Å². The molecule has 0 atom stereocenters.